The van der Waals surface area contributed by atoms with Crippen LogP contribution in [-0.4, -0.2) is 17.4 Å². The van der Waals surface area contributed by atoms with Crippen LogP contribution in [0, 0.1) is 12.7 Å². The Kier molecular flexibility index (Phi) is 4.70. The maximum Gasteiger partial charge on any atom is 0.254 e. The molecule has 4 nitrogen and oxygen atoms in total. The number of carbonyl (C=O) groups is 1. The third-order valence-electron chi connectivity index (χ3n) is 3.61. The second-order valence-electron chi connectivity index (χ2n) is 5.50. The molecule has 0 saturated carbocycles. The maximum absolute atomic E-state index is 13.8. The molecule has 0 aliphatic heterocycles. The zero-order chi connectivity index (χ0) is 16.9. The van der Waals surface area contributed by atoms with Gasteiger partial charge in [-0.1, -0.05) is 24.3 Å². The topological polar surface area (TPSA) is 55.1 Å². The Morgan fingerprint density at radius 1 is 1.21 bits per heavy atom. The molecule has 24 heavy (non-hydrogen) atoms. The van der Waals surface area contributed by atoms with Crippen molar-refractivity contribution in [3.63, 3.8) is 0 Å². The molecule has 0 spiro atoms. The van der Waals surface area contributed by atoms with Gasteiger partial charge in [-0.3, -0.25) is 4.79 Å². The fraction of sp³-hybridized carbons (Fsp3) is 0.158. The number of nitrogens with one attached hydrogen (secondary N) is 1. The molecule has 1 aromatic heterocycles. The lowest BCUT2D eigenvalue weighted by Gasteiger charge is -2.05. The minimum Gasteiger partial charge on any atom is -0.444 e. The third-order valence-corrected chi connectivity index (χ3v) is 3.61. The molecule has 5 heteroatoms. The normalized spacial score (nSPS) is 10.6. The highest BCUT2D eigenvalue weighted by molar-refractivity contribution is 5.94. The number of halogens is 1. The molecule has 0 radical (unpaired) electrons. The lowest BCUT2D eigenvalue weighted by Crippen LogP contribution is -2.26. The van der Waals surface area contributed by atoms with E-state index in [4.69, 9.17) is 4.42 Å². The fourth-order valence-corrected chi connectivity index (χ4v) is 2.34. The summed E-state index contributed by atoms with van der Waals surface area (Å²) in [6, 6.07) is 14.1. The zero-order valence-electron chi connectivity index (χ0n) is 13.3. The van der Waals surface area contributed by atoms with E-state index in [2.05, 4.69) is 10.3 Å². The predicted molar refractivity (Wildman–Crippen MR) is 89.1 cm³/mol. The van der Waals surface area contributed by atoms with Crippen LogP contribution in [0.1, 0.15) is 21.6 Å². The van der Waals surface area contributed by atoms with Gasteiger partial charge in [-0.15, -0.1) is 0 Å². The van der Waals surface area contributed by atoms with E-state index in [1.807, 2.05) is 30.3 Å². The van der Waals surface area contributed by atoms with Crippen LogP contribution in [0.3, 0.4) is 0 Å². The number of amides is 1. The molecule has 3 aromatic rings. The Morgan fingerprint density at radius 2 is 2.00 bits per heavy atom. The largest absolute Gasteiger partial charge is 0.444 e. The molecule has 0 fully saturated rings. The van der Waals surface area contributed by atoms with Crippen LogP contribution in [0.2, 0.25) is 0 Å². The lowest BCUT2D eigenvalue weighted by atomic mass is 10.1. The standard InChI is InChI=1S/C19H17FN2O2/c1-13-7-8-16(17(20)11-13)18(23)21-10-9-15-12-24-19(22-15)14-5-3-2-4-6-14/h2-8,11-12H,9-10H2,1H3,(H,21,23). The Bertz CT molecular complexity index is 844. The molecular weight excluding hydrogens is 307 g/mol. The van der Waals surface area contributed by atoms with Crippen LogP contribution in [0.15, 0.2) is 59.2 Å². The van der Waals surface area contributed by atoms with Gasteiger partial charge in [-0.05, 0) is 36.8 Å². The first-order valence-electron chi connectivity index (χ1n) is 7.67. The summed E-state index contributed by atoms with van der Waals surface area (Å²) < 4.78 is 19.2. The summed E-state index contributed by atoms with van der Waals surface area (Å²) in [4.78, 5) is 16.4. The van der Waals surface area contributed by atoms with Crippen LogP contribution in [0.4, 0.5) is 4.39 Å². The SMILES string of the molecule is Cc1ccc(C(=O)NCCc2coc(-c3ccccc3)n2)c(F)c1. The van der Waals surface area contributed by atoms with Crippen molar-refractivity contribution in [2.75, 3.05) is 6.54 Å². The van der Waals surface area contributed by atoms with E-state index in [9.17, 15) is 9.18 Å². The molecule has 0 atom stereocenters. The van der Waals surface area contributed by atoms with E-state index in [0.29, 0.717) is 18.9 Å². The van der Waals surface area contributed by atoms with Gasteiger partial charge in [0.15, 0.2) is 0 Å². The van der Waals surface area contributed by atoms with E-state index in [1.54, 1.807) is 19.3 Å². The fourth-order valence-electron chi connectivity index (χ4n) is 2.34. The Hall–Kier alpha value is -2.95. The second-order valence-corrected chi connectivity index (χ2v) is 5.50. The highest BCUT2D eigenvalue weighted by Crippen LogP contribution is 2.18. The zero-order valence-corrected chi connectivity index (χ0v) is 13.3. The van der Waals surface area contributed by atoms with Gasteiger partial charge in [0, 0.05) is 18.5 Å². The van der Waals surface area contributed by atoms with Gasteiger partial charge in [0.1, 0.15) is 12.1 Å². The molecule has 122 valence electrons. The van der Waals surface area contributed by atoms with Crippen LogP contribution in [-0.2, 0) is 6.42 Å². The molecule has 0 saturated heterocycles. The third kappa shape index (κ3) is 3.68. The van der Waals surface area contributed by atoms with Gasteiger partial charge in [-0.2, -0.15) is 0 Å². The quantitative estimate of drug-likeness (QED) is 0.777. The Morgan fingerprint density at radius 3 is 2.75 bits per heavy atom. The van der Waals surface area contributed by atoms with Crippen molar-refractivity contribution in [3.05, 3.63) is 77.4 Å². The first-order valence-corrected chi connectivity index (χ1v) is 7.67. The second kappa shape index (κ2) is 7.08. The number of hydrogen-bond acceptors (Lipinski definition) is 3. The molecule has 1 N–H and O–H groups in total. The molecule has 0 bridgehead atoms. The summed E-state index contributed by atoms with van der Waals surface area (Å²) in [6.45, 7) is 2.13. The highest BCUT2D eigenvalue weighted by Gasteiger charge is 2.12. The molecule has 3 rings (SSSR count). The van der Waals surface area contributed by atoms with Crippen molar-refractivity contribution in [3.8, 4) is 11.5 Å². The van der Waals surface area contributed by atoms with Crippen LogP contribution < -0.4 is 5.32 Å². The monoisotopic (exact) mass is 324 g/mol. The number of carbonyl (C=O) groups excluding carboxylic acids is 1. The first-order chi connectivity index (χ1) is 11.6. The van der Waals surface area contributed by atoms with Crippen molar-refractivity contribution in [1.29, 1.82) is 0 Å². The summed E-state index contributed by atoms with van der Waals surface area (Å²) in [5.41, 5.74) is 2.46. The molecule has 0 aliphatic carbocycles. The molecule has 0 unspecified atom stereocenters. The van der Waals surface area contributed by atoms with Gasteiger partial charge in [0.05, 0.1) is 11.3 Å². The van der Waals surface area contributed by atoms with Crippen LogP contribution >= 0.6 is 0 Å². The van der Waals surface area contributed by atoms with Gasteiger partial charge in [-0.25, -0.2) is 9.37 Å². The number of nitrogens with zero attached hydrogens (tertiary/aromatic N) is 1. The van der Waals surface area contributed by atoms with Gasteiger partial charge < -0.3 is 9.73 Å². The van der Waals surface area contributed by atoms with Gasteiger partial charge >= 0.3 is 0 Å². The van der Waals surface area contributed by atoms with Crippen molar-refractivity contribution < 1.29 is 13.6 Å². The summed E-state index contributed by atoms with van der Waals surface area (Å²) in [5, 5.41) is 2.70. The molecule has 0 aliphatic rings. The minimum absolute atomic E-state index is 0.0470. The van der Waals surface area contributed by atoms with Crippen molar-refractivity contribution in [1.82, 2.24) is 10.3 Å². The average molecular weight is 324 g/mol. The number of aryl methyl sites for hydroxylation is 1. The van der Waals surface area contributed by atoms with Gasteiger partial charge in [0.2, 0.25) is 5.89 Å². The van der Waals surface area contributed by atoms with Gasteiger partial charge in [0.25, 0.3) is 5.91 Å². The van der Waals surface area contributed by atoms with Crippen molar-refractivity contribution in [2.45, 2.75) is 13.3 Å². The summed E-state index contributed by atoms with van der Waals surface area (Å²) >= 11 is 0. The van der Waals surface area contributed by atoms with Crippen LogP contribution in [0.25, 0.3) is 11.5 Å². The summed E-state index contributed by atoms with van der Waals surface area (Å²) in [5.74, 6) is -0.402. The smallest absolute Gasteiger partial charge is 0.254 e. The first kappa shape index (κ1) is 15.9. The molecular formula is C19H17FN2O2. The van der Waals surface area contributed by atoms with Crippen LogP contribution in [0.5, 0.6) is 0 Å². The minimum atomic E-state index is -0.514. The highest BCUT2D eigenvalue weighted by atomic mass is 19.1. The maximum atomic E-state index is 13.8. The number of hydrogen-bond donors (Lipinski definition) is 1. The average Bonchev–Trinajstić information content (AvgIpc) is 3.04. The van der Waals surface area contributed by atoms with E-state index < -0.39 is 11.7 Å². The van der Waals surface area contributed by atoms with E-state index in [1.165, 1.54) is 12.1 Å². The van der Waals surface area contributed by atoms with Crippen molar-refractivity contribution in [2.24, 2.45) is 0 Å². The lowest BCUT2D eigenvalue weighted by molar-refractivity contribution is 0.0950. The van der Waals surface area contributed by atoms with Crippen molar-refractivity contribution >= 4 is 5.91 Å². The Balaban J connectivity index is 1.57. The number of benzene rings is 2. The Labute approximate surface area is 139 Å². The molecule has 1 amide bonds. The molecule has 1 heterocycles. The number of aromatic nitrogens is 1. The summed E-state index contributed by atoms with van der Waals surface area (Å²) in [6.07, 6.45) is 2.08. The van der Waals surface area contributed by atoms with E-state index in [0.717, 1.165) is 16.8 Å². The number of oxazole rings is 1. The van der Waals surface area contributed by atoms with E-state index >= 15 is 0 Å². The predicted octanol–water partition coefficient (Wildman–Crippen LogP) is 3.76. The summed E-state index contributed by atoms with van der Waals surface area (Å²) in [7, 11) is 0. The number of rotatable bonds is 5. The van der Waals surface area contributed by atoms with E-state index in [-0.39, 0.29) is 5.56 Å². The molecule has 2 aromatic carbocycles.